The van der Waals surface area contributed by atoms with Gasteiger partial charge in [-0.25, -0.2) is 4.79 Å². The maximum Gasteiger partial charge on any atom is 0.329 e. The quantitative estimate of drug-likeness (QED) is 0.750. The Morgan fingerprint density at radius 1 is 1.03 bits per heavy atom. The molecule has 1 aliphatic rings. The van der Waals surface area contributed by atoms with Crippen molar-refractivity contribution in [2.24, 2.45) is 0 Å². The largest absolute Gasteiger partial charge is 0.451 e. The van der Waals surface area contributed by atoms with Crippen molar-refractivity contribution in [3.63, 3.8) is 0 Å². The van der Waals surface area contributed by atoms with Crippen LogP contribution < -0.4 is 15.5 Å². The van der Waals surface area contributed by atoms with Gasteiger partial charge in [-0.2, -0.15) is 0 Å². The number of amides is 3. The zero-order chi connectivity index (χ0) is 21.0. The second-order valence-corrected chi connectivity index (χ2v) is 6.63. The Balaban J connectivity index is 1.63. The maximum absolute atomic E-state index is 12.8. The zero-order valence-corrected chi connectivity index (χ0v) is 16.0. The van der Waals surface area contributed by atoms with Crippen molar-refractivity contribution in [3.05, 3.63) is 60.2 Å². The summed E-state index contributed by atoms with van der Waals surface area (Å²) < 4.78 is 5.24. The van der Waals surface area contributed by atoms with Gasteiger partial charge in [0.15, 0.2) is 6.10 Å². The third-order valence-corrected chi connectivity index (χ3v) is 4.41. The summed E-state index contributed by atoms with van der Waals surface area (Å²) in [5, 5.41) is 5.23. The highest BCUT2D eigenvalue weighted by atomic mass is 16.5. The molecule has 2 N–H and O–H groups in total. The third-order valence-electron chi connectivity index (χ3n) is 4.41. The summed E-state index contributed by atoms with van der Waals surface area (Å²) in [7, 11) is 0. The molecule has 8 nitrogen and oxygen atoms in total. The summed E-state index contributed by atoms with van der Waals surface area (Å²) in [6, 6.07) is 14.4. The van der Waals surface area contributed by atoms with Gasteiger partial charge in [0, 0.05) is 5.56 Å². The summed E-state index contributed by atoms with van der Waals surface area (Å²) in [4.78, 5) is 50.4. The van der Waals surface area contributed by atoms with Crippen LogP contribution in [-0.2, 0) is 19.1 Å². The molecule has 0 saturated heterocycles. The number of para-hydroxylation sites is 2. The molecule has 0 unspecified atom stereocenters. The first kappa shape index (κ1) is 20.1. The maximum atomic E-state index is 12.8. The highest BCUT2D eigenvalue weighted by Gasteiger charge is 2.32. The second-order valence-electron chi connectivity index (χ2n) is 6.63. The van der Waals surface area contributed by atoms with Crippen LogP contribution >= 0.6 is 0 Å². The number of fused-ring (bicyclic) bond motifs is 1. The first-order valence-corrected chi connectivity index (χ1v) is 9.13. The standard InChI is InChI=1S/C21H21N3O5/c1-13(22-19(26)15-8-4-3-5-9-15)21(28)29-14(2)20(27)24-12-18(25)23-16-10-6-7-11-17(16)24/h3-11,13-14H,12H2,1-2H3,(H,22,26)(H,23,25)/t13-,14+/m0/s1. The molecular weight excluding hydrogens is 374 g/mol. The molecule has 2 atom stereocenters. The molecule has 3 amide bonds. The van der Waals surface area contributed by atoms with E-state index in [-0.39, 0.29) is 12.5 Å². The van der Waals surface area contributed by atoms with Crippen LogP contribution in [0.5, 0.6) is 0 Å². The number of nitrogens with one attached hydrogen (secondary N) is 2. The van der Waals surface area contributed by atoms with Crippen LogP contribution in [0.2, 0.25) is 0 Å². The molecular formula is C21H21N3O5. The van der Waals surface area contributed by atoms with Crippen LogP contribution in [0, 0.1) is 0 Å². The molecule has 0 aromatic heterocycles. The number of ether oxygens (including phenoxy) is 1. The van der Waals surface area contributed by atoms with Gasteiger partial charge in [-0.05, 0) is 38.1 Å². The van der Waals surface area contributed by atoms with E-state index >= 15 is 0 Å². The van der Waals surface area contributed by atoms with Gasteiger partial charge in [0.1, 0.15) is 12.6 Å². The number of hydrogen-bond donors (Lipinski definition) is 2. The fraction of sp³-hybridized carbons (Fsp3) is 0.238. The lowest BCUT2D eigenvalue weighted by molar-refractivity contribution is -0.155. The van der Waals surface area contributed by atoms with Crippen LogP contribution in [0.25, 0.3) is 0 Å². The minimum absolute atomic E-state index is 0.169. The Hall–Kier alpha value is -3.68. The van der Waals surface area contributed by atoms with E-state index in [0.717, 1.165) is 0 Å². The smallest absolute Gasteiger partial charge is 0.329 e. The van der Waals surface area contributed by atoms with Gasteiger partial charge in [0.2, 0.25) is 5.91 Å². The Bertz CT molecular complexity index is 944. The van der Waals surface area contributed by atoms with Crippen molar-refractivity contribution in [1.29, 1.82) is 0 Å². The van der Waals surface area contributed by atoms with Crippen molar-refractivity contribution in [1.82, 2.24) is 5.32 Å². The molecule has 0 fully saturated rings. The predicted octanol–water partition coefficient (Wildman–Crippen LogP) is 1.72. The van der Waals surface area contributed by atoms with Gasteiger partial charge < -0.3 is 15.4 Å². The van der Waals surface area contributed by atoms with Gasteiger partial charge >= 0.3 is 5.97 Å². The number of benzene rings is 2. The normalized spacial score (nSPS) is 14.8. The molecule has 0 spiro atoms. The van der Waals surface area contributed by atoms with E-state index in [9.17, 15) is 19.2 Å². The van der Waals surface area contributed by atoms with Gasteiger partial charge in [-0.3, -0.25) is 19.3 Å². The average molecular weight is 395 g/mol. The van der Waals surface area contributed by atoms with E-state index in [1.165, 1.54) is 18.7 Å². The monoisotopic (exact) mass is 395 g/mol. The molecule has 0 radical (unpaired) electrons. The number of hydrogen-bond acceptors (Lipinski definition) is 5. The zero-order valence-electron chi connectivity index (χ0n) is 16.0. The van der Waals surface area contributed by atoms with Crippen molar-refractivity contribution < 1.29 is 23.9 Å². The minimum atomic E-state index is -1.13. The Labute approximate surface area is 167 Å². The molecule has 29 heavy (non-hydrogen) atoms. The van der Waals surface area contributed by atoms with Crippen LogP contribution in [0.15, 0.2) is 54.6 Å². The van der Waals surface area contributed by atoms with Gasteiger partial charge in [0.05, 0.1) is 11.4 Å². The van der Waals surface area contributed by atoms with E-state index in [2.05, 4.69) is 10.6 Å². The predicted molar refractivity (Wildman–Crippen MR) is 106 cm³/mol. The first-order chi connectivity index (χ1) is 13.9. The molecule has 2 aromatic carbocycles. The Kier molecular flexibility index (Phi) is 5.92. The number of nitrogens with zero attached hydrogens (tertiary/aromatic N) is 1. The van der Waals surface area contributed by atoms with Crippen molar-refractivity contribution >= 4 is 35.1 Å². The van der Waals surface area contributed by atoms with Crippen LogP contribution in [0.4, 0.5) is 11.4 Å². The van der Waals surface area contributed by atoms with Crippen molar-refractivity contribution in [2.45, 2.75) is 26.0 Å². The summed E-state index contributed by atoms with van der Waals surface area (Å²) >= 11 is 0. The van der Waals surface area contributed by atoms with Crippen molar-refractivity contribution in [2.75, 3.05) is 16.8 Å². The highest BCUT2D eigenvalue weighted by molar-refractivity contribution is 6.11. The number of carbonyl (C=O) groups excluding carboxylic acids is 4. The molecule has 0 saturated carbocycles. The molecule has 1 aliphatic heterocycles. The number of rotatable bonds is 5. The Morgan fingerprint density at radius 2 is 1.69 bits per heavy atom. The molecule has 8 heteroatoms. The van der Waals surface area contributed by atoms with Gasteiger partial charge in [-0.15, -0.1) is 0 Å². The molecule has 2 aromatic rings. The van der Waals surface area contributed by atoms with Gasteiger partial charge in [-0.1, -0.05) is 30.3 Å². The van der Waals surface area contributed by atoms with Crippen LogP contribution in [-0.4, -0.2) is 42.4 Å². The van der Waals surface area contributed by atoms with Crippen LogP contribution in [0.3, 0.4) is 0 Å². The lowest BCUT2D eigenvalue weighted by atomic mass is 10.1. The van der Waals surface area contributed by atoms with E-state index < -0.39 is 29.9 Å². The number of carbonyl (C=O) groups is 4. The van der Waals surface area contributed by atoms with Crippen LogP contribution in [0.1, 0.15) is 24.2 Å². The number of esters is 1. The molecule has 1 heterocycles. The topological polar surface area (TPSA) is 105 Å². The Morgan fingerprint density at radius 3 is 2.41 bits per heavy atom. The van der Waals surface area contributed by atoms with Gasteiger partial charge in [0.25, 0.3) is 11.8 Å². The van der Waals surface area contributed by atoms with E-state index in [0.29, 0.717) is 16.9 Å². The SMILES string of the molecule is C[C@H](NC(=O)c1ccccc1)C(=O)O[C@H](C)C(=O)N1CC(=O)Nc2ccccc21. The lowest BCUT2D eigenvalue weighted by Gasteiger charge is -2.31. The fourth-order valence-electron chi connectivity index (χ4n) is 2.90. The summed E-state index contributed by atoms with van der Waals surface area (Å²) in [5.41, 5.74) is 1.46. The summed E-state index contributed by atoms with van der Waals surface area (Å²) in [6.45, 7) is 2.74. The molecule has 3 rings (SSSR count). The average Bonchev–Trinajstić information content (AvgIpc) is 2.72. The number of anilines is 2. The summed E-state index contributed by atoms with van der Waals surface area (Å²) in [6.07, 6.45) is -1.13. The van der Waals surface area contributed by atoms with E-state index in [1.54, 1.807) is 54.6 Å². The highest BCUT2D eigenvalue weighted by Crippen LogP contribution is 2.29. The molecule has 0 bridgehead atoms. The van der Waals surface area contributed by atoms with E-state index in [4.69, 9.17) is 4.74 Å². The summed E-state index contributed by atoms with van der Waals surface area (Å²) in [5.74, 6) is -2.03. The first-order valence-electron chi connectivity index (χ1n) is 9.13. The third kappa shape index (κ3) is 4.60. The fourth-order valence-corrected chi connectivity index (χ4v) is 2.90. The molecule has 0 aliphatic carbocycles. The van der Waals surface area contributed by atoms with Crippen molar-refractivity contribution in [3.8, 4) is 0 Å². The second kappa shape index (κ2) is 8.55. The molecule has 150 valence electrons. The van der Waals surface area contributed by atoms with E-state index in [1.807, 2.05) is 0 Å². The lowest BCUT2D eigenvalue weighted by Crippen LogP contribution is -2.48. The minimum Gasteiger partial charge on any atom is -0.451 e.